The molecule has 0 aliphatic rings. The van der Waals surface area contributed by atoms with Gasteiger partial charge in [-0.25, -0.2) is 4.79 Å². The van der Waals surface area contributed by atoms with Gasteiger partial charge in [0.05, 0.1) is 0 Å². The molecule has 6 nitrogen and oxygen atoms in total. The molecule has 0 aliphatic heterocycles. The maximum Gasteiger partial charge on any atom is 0.469 e. The summed E-state index contributed by atoms with van der Waals surface area (Å²) in [6.07, 6.45) is 2.17. The van der Waals surface area contributed by atoms with Gasteiger partial charge in [0.15, 0.2) is 25.0 Å². The van der Waals surface area contributed by atoms with Crippen LogP contribution in [0.4, 0.5) is 4.79 Å². The highest BCUT2D eigenvalue weighted by Gasteiger charge is 2.49. The number of hydrogen-bond acceptors (Lipinski definition) is 4. The molecule has 0 aromatic heterocycles. The second-order valence-corrected chi connectivity index (χ2v) is 26.1. The molecule has 0 aliphatic carbocycles. The Kier molecular flexibility index (Phi) is 9.02. The van der Waals surface area contributed by atoms with Crippen molar-refractivity contribution in [3.63, 3.8) is 0 Å². The van der Waals surface area contributed by atoms with Crippen LogP contribution in [0.2, 0.25) is 65.0 Å². The molecular formula is C15H38N2O4Si4. The largest absolute Gasteiger partial charge is 0.469 e. The lowest BCUT2D eigenvalue weighted by atomic mass is 10.4. The van der Waals surface area contributed by atoms with E-state index in [1.165, 1.54) is 11.1 Å². The van der Waals surface area contributed by atoms with Gasteiger partial charge in [0.2, 0.25) is 0 Å². The Morgan fingerprint density at radius 3 is 1.52 bits per heavy atom. The van der Waals surface area contributed by atoms with E-state index in [1.807, 2.05) is 0 Å². The summed E-state index contributed by atoms with van der Waals surface area (Å²) in [6, 6.07) is 0.189. The molecule has 0 unspecified atom stereocenters. The van der Waals surface area contributed by atoms with E-state index < -0.39 is 39.8 Å². The fourth-order valence-electron chi connectivity index (χ4n) is 2.37. The quantitative estimate of drug-likeness (QED) is 0.501. The first-order chi connectivity index (χ1) is 11.0. The molecule has 25 heavy (non-hydrogen) atoms. The summed E-state index contributed by atoms with van der Waals surface area (Å²) >= 11 is 0. The molecule has 0 spiro atoms. The van der Waals surface area contributed by atoms with E-state index in [9.17, 15) is 4.79 Å². The molecule has 0 radical (unpaired) electrons. The van der Waals surface area contributed by atoms with E-state index >= 15 is 0 Å². The molecule has 10 heteroatoms. The van der Waals surface area contributed by atoms with Crippen molar-refractivity contribution in [1.82, 2.24) is 4.90 Å². The first kappa shape index (κ1) is 24.8. The van der Waals surface area contributed by atoms with Crippen molar-refractivity contribution in [2.75, 3.05) is 6.54 Å². The lowest BCUT2D eigenvalue weighted by molar-refractivity contribution is 0.221. The molecule has 0 aromatic rings. The minimum absolute atomic E-state index is 0.493. The Morgan fingerprint density at radius 2 is 1.28 bits per heavy atom. The van der Waals surface area contributed by atoms with Gasteiger partial charge in [-0.15, -0.1) is 0 Å². The van der Waals surface area contributed by atoms with Gasteiger partial charge >= 0.3 is 14.8 Å². The molecule has 148 valence electrons. The fourth-order valence-corrected chi connectivity index (χ4v) is 17.0. The molecule has 0 aromatic carbocycles. The topological polar surface area (TPSA) is 74.0 Å². The van der Waals surface area contributed by atoms with Crippen molar-refractivity contribution >= 4 is 39.8 Å². The number of carbonyl (C=O) groups is 1. The Morgan fingerprint density at radius 1 is 0.920 bits per heavy atom. The smallest absolute Gasteiger partial charge is 0.417 e. The van der Waals surface area contributed by atoms with Gasteiger partial charge in [-0.05, 0) is 65.3 Å². The van der Waals surface area contributed by atoms with Crippen LogP contribution in [0, 0.1) is 0 Å². The second kappa shape index (κ2) is 9.11. The Bertz CT molecular complexity index is 415. The van der Waals surface area contributed by atoms with E-state index in [0.717, 1.165) is 0 Å². The van der Waals surface area contributed by atoms with Crippen molar-refractivity contribution in [1.29, 1.82) is 0 Å². The maximum absolute atomic E-state index is 11.4. The lowest BCUT2D eigenvalue weighted by Gasteiger charge is -2.43. The first-order valence-electron chi connectivity index (χ1n) is 8.78. The van der Waals surface area contributed by atoms with Gasteiger partial charge in [-0.1, -0.05) is 6.58 Å². The Hall–Kier alpha value is -0.242. The van der Waals surface area contributed by atoms with Gasteiger partial charge in [0.25, 0.3) is 0 Å². The van der Waals surface area contributed by atoms with E-state index in [1.54, 1.807) is 0 Å². The number of rotatable bonds is 11. The number of amides is 2. The summed E-state index contributed by atoms with van der Waals surface area (Å²) in [5, 5.41) is 0. The van der Waals surface area contributed by atoms with Crippen LogP contribution in [0.1, 0.15) is 6.42 Å². The van der Waals surface area contributed by atoms with E-state index in [2.05, 4.69) is 65.5 Å². The zero-order valence-electron chi connectivity index (χ0n) is 17.6. The SMILES string of the molecule is C=CN(CCC[Si](O[Si](C)(C)C)(O[Si](C)(C)C)O[Si](C)(C)C)C(N)=O. The van der Waals surface area contributed by atoms with E-state index in [0.29, 0.717) is 19.0 Å². The summed E-state index contributed by atoms with van der Waals surface area (Å²) in [7, 11) is -8.45. The number of primary amides is 1. The summed E-state index contributed by atoms with van der Waals surface area (Å²) in [6.45, 7) is 23.6. The fraction of sp³-hybridized carbons (Fsp3) is 0.800. The van der Waals surface area contributed by atoms with Gasteiger partial charge in [-0.2, -0.15) is 0 Å². The summed E-state index contributed by atoms with van der Waals surface area (Å²) in [4.78, 5) is 12.8. The van der Waals surface area contributed by atoms with Crippen LogP contribution in [-0.4, -0.2) is 51.2 Å². The summed E-state index contributed by atoms with van der Waals surface area (Å²) < 4.78 is 19.8. The molecule has 0 atom stereocenters. The summed E-state index contributed by atoms with van der Waals surface area (Å²) in [5.74, 6) is 0. The maximum atomic E-state index is 11.4. The number of nitrogens with zero attached hydrogens (tertiary/aromatic N) is 1. The number of nitrogens with two attached hydrogens (primary N) is 1. The van der Waals surface area contributed by atoms with Crippen molar-refractivity contribution in [3.05, 3.63) is 12.8 Å². The van der Waals surface area contributed by atoms with Crippen LogP contribution in [0.25, 0.3) is 0 Å². The molecule has 0 saturated heterocycles. The van der Waals surface area contributed by atoms with Crippen LogP contribution in [0.3, 0.4) is 0 Å². The van der Waals surface area contributed by atoms with Gasteiger partial charge in [-0.3, -0.25) is 0 Å². The van der Waals surface area contributed by atoms with Crippen LogP contribution in [-0.2, 0) is 12.3 Å². The predicted octanol–water partition coefficient (Wildman–Crippen LogP) is 4.39. The molecule has 0 bridgehead atoms. The molecule has 0 fully saturated rings. The van der Waals surface area contributed by atoms with Crippen LogP contribution < -0.4 is 5.73 Å². The third-order valence-corrected chi connectivity index (χ3v) is 14.8. The third-order valence-electron chi connectivity index (χ3n) is 2.77. The average molecular weight is 423 g/mol. The molecular weight excluding hydrogens is 385 g/mol. The zero-order chi connectivity index (χ0) is 20.1. The Labute approximate surface area is 158 Å². The first-order valence-corrected chi connectivity index (χ1v) is 20.9. The van der Waals surface area contributed by atoms with Gasteiger partial charge in [0.1, 0.15) is 0 Å². The van der Waals surface area contributed by atoms with Gasteiger partial charge < -0.3 is 23.0 Å². The highest BCUT2D eigenvalue weighted by Crippen LogP contribution is 2.30. The third kappa shape index (κ3) is 11.9. The molecule has 0 saturated carbocycles. The standard InChI is InChI=1S/C15H38N2O4Si4/c1-11-17(15(16)18)13-12-14-25(19-22(2,3)4,20-23(5,6)7)21-24(8,9)10/h11H,1,12-14H2,2-10H3,(H2,16,18). The second-order valence-electron chi connectivity index (χ2n) is 9.14. The minimum atomic E-state index is -2.84. The van der Waals surface area contributed by atoms with Crippen molar-refractivity contribution in [3.8, 4) is 0 Å². The van der Waals surface area contributed by atoms with E-state index in [4.69, 9.17) is 18.1 Å². The predicted molar refractivity (Wildman–Crippen MR) is 115 cm³/mol. The van der Waals surface area contributed by atoms with Crippen LogP contribution in [0.15, 0.2) is 12.8 Å². The lowest BCUT2D eigenvalue weighted by Crippen LogP contribution is -2.60. The van der Waals surface area contributed by atoms with Crippen molar-refractivity contribution in [2.45, 2.75) is 71.4 Å². The zero-order valence-corrected chi connectivity index (χ0v) is 21.6. The van der Waals surface area contributed by atoms with Gasteiger partial charge in [0, 0.05) is 18.8 Å². The molecule has 0 rings (SSSR count). The average Bonchev–Trinajstić information content (AvgIpc) is 2.26. The highest BCUT2D eigenvalue weighted by atomic mass is 28.5. The van der Waals surface area contributed by atoms with E-state index in [-0.39, 0.29) is 0 Å². The minimum Gasteiger partial charge on any atom is -0.417 e. The number of carbonyl (C=O) groups excluding carboxylic acids is 1. The van der Waals surface area contributed by atoms with Crippen LogP contribution >= 0.6 is 0 Å². The molecule has 0 heterocycles. The monoisotopic (exact) mass is 422 g/mol. The molecule has 2 amide bonds. The Balaban J connectivity index is 5.49. The number of urea groups is 1. The van der Waals surface area contributed by atoms with Crippen molar-refractivity contribution in [2.24, 2.45) is 5.73 Å². The molecule has 2 N–H and O–H groups in total. The number of hydrogen-bond donors (Lipinski definition) is 1. The summed E-state index contributed by atoms with van der Waals surface area (Å²) in [5.41, 5.74) is 5.36. The highest BCUT2D eigenvalue weighted by molar-refractivity contribution is 6.90. The van der Waals surface area contributed by atoms with Crippen LogP contribution in [0.5, 0.6) is 0 Å². The normalized spacial score (nSPS) is 13.6. The van der Waals surface area contributed by atoms with Crippen molar-refractivity contribution < 1.29 is 17.1 Å².